The smallest absolute Gasteiger partial charge is 0.314 e. The summed E-state index contributed by atoms with van der Waals surface area (Å²) in [6.45, 7) is 0. The summed E-state index contributed by atoms with van der Waals surface area (Å²) in [6, 6.07) is 0. The highest BCUT2D eigenvalue weighted by atomic mass is 35.5. The predicted molar refractivity (Wildman–Crippen MR) is 33.7 cm³/mol. The molecule has 0 fully saturated rings. The normalized spacial score (nSPS) is 10.9. The monoisotopic (exact) mass is 182 g/mol. The van der Waals surface area contributed by atoms with Crippen LogP contribution in [0.1, 0.15) is 18.2 Å². The van der Waals surface area contributed by atoms with Crippen LogP contribution in [0, 0.1) is 0 Å². The van der Waals surface area contributed by atoms with E-state index in [-0.39, 0.29) is 11.8 Å². The van der Waals surface area contributed by atoms with Gasteiger partial charge in [-0.3, -0.25) is 0 Å². The minimum atomic E-state index is -2.70. The first-order valence-corrected chi connectivity index (χ1v) is 3.44. The highest BCUT2D eigenvalue weighted by Crippen LogP contribution is 2.16. The van der Waals surface area contributed by atoms with Crippen molar-refractivity contribution in [1.29, 1.82) is 0 Å². The zero-order valence-corrected chi connectivity index (χ0v) is 6.18. The molecule has 0 atom stereocenters. The summed E-state index contributed by atoms with van der Waals surface area (Å²) in [4.78, 5) is 0. The summed E-state index contributed by atoms with van der Waals surface area (Å²) >= 11 is 5.31. The molecule has 0 spiro atoms. The number of hydrogen-bond donors (Lipinski definition) is 0. The fourth-order valence-corrected chi connectivity index (χ4v) is 0.698. The van der Waals surface area contributed by atoms with Crippen LogP contribution in [0.15, 0.2) is 4.42 Å². The summed E-state index contributed by atoms with van der Waals surface area (Å²) in [5.41, 5.74) is 0. The number of rotatable bonds is 3. The molecule has 0 aromatic carbocycles. The van der Waals surface area contributed by atoms with Gasteiger partial charge in [-0.25, -0.2) is 0 Å². The van der Waals surface area contributed by atoms with Crippen LogP contribution < -0.4 is 0 Å². The molecule has 0 aliphatic carbocycles. The molecule has 1 heterocycles. The molecular weight excluding hydrogens is 178 g/mol. The molecular formula is C5H5ClF2N2O. The highest BCUT2D eigenvalue weighted by Gasteiger charge is 2.15. The van der Waals surface area contributed by atoms with Crippen molar-refractivity contribution >= 4 is 11.6 Å². The van der Waals surface area contributed by atoms with E-state index in [2.05, 4.69) is 14.6 Å². The van der Waals surface area contributed by atoms with Gasteiger partial charge in [0.25, 0.3) is 5.89 Å². The molecule has 0 saturated carbocycles. The molecule has 1 aromatic heterocycles. The lowest BCUT2D eigenvalue weighted by Crippen LogP contribution is -1.84. The molecule has 1 aromatic rings. The minimum absolute atomic E-state index is 0.148. The van der Waals surface area contributed by atoms with E-state index in [9.17, 15) is 8.78 Å². The van der Waals surface area contributed by atoms with Gasteiger partial charge in [0.1, 0.15) is 0 Å². The van der Waals surface area contributed by atoms with Crippen LogP contribution in [0.5, 0.6) is 0 Å². The fraction of sp³-hybridized carbons (Fsp3) is 0.600. The summed E-state index contributed by atoms with van der Waals surface area (Å²) in [6.07, 6.45) is -2.38. The van der Waals surface area contributed by atoms with Crippen molar-refractivity contribution < 1.29 is 13.2 Å². The highest BCUT2D eigenvalue weighted by molar-refractivity contribution is 6.17. The van der Waals surface area contributed by atoms with Gasteiger partial charge in [0.15, 0.2) is 0 Å². The van der Waals surface area contributed by atoms with Gasteiger partial charge in [-0.2, -0.15) is 8.78 Å². The Bertz CT molecular complexity index is 228. The molecule has 0 amide bonds. The maximum Gasteiger partial charge on any atom is 0.314 e. The van der Waals surface area contributed by atoms with Crippen molar-refractivity contribution in [3.8, 4) is 0 Å². The van der Waals surface area contributed by atoms with Gasteiger partial charge in [0.05, 0.1) is 0 Å². The van der Waals surface area contributed by atoms with Gasteiger partial charge in [-0.05, 0) is 0 Å². The maximum atomic E-state index is 11.8. The first-order valence-electron chi connectivity index (χ1n) is 2.90. The SMILES string of the molecule is FC(F)c1nnc(CCCl)o1. The van der Waals surface area contributed by atoms with Crippen LogP contribution in [0.4, 0.5) is 8.78 Å². The van der Waals surface area contributed by atoms with Crippen molar-refractivity contribution in [2.75, 3.05) is 5.88 Å². The van der Waals surface area contributed by atoms with Gasteiger partial charge in [-0.1, -0.05) is 0 Å². The lowest BCUT2D eigenvalue weighted by Gasteiger charge is -1.87. The molecule has 0 radical (unpaired) electrons. The number of alkyl halides is 3. The molecule has 6 heteroatoms. The molecule has 0 N–H and O–H groups in total. The summed E-state index contributed by atoms with van der Waals surface area (Å²) in [5.74, 6) is -0.217. The quantitative estimate of drug-likeness (QED) is 0.669. The first-order chi connectivity index (χ1) is 5.24. The molecule has 0 saturated heterocycles. The zero-order chi connectivity index (χ0) is 8.27. The van der Waals surface area contributed by atoms with E-state index in [0.717, 1.165) is 0 Å². The van der Waals surface area contributed by atoms with Crippen LogP contribution >= 0.6 is 11.6 Å². The van der Waals surface area contributed by atoms with E-state index in [1.807, 2.05) is 0 Å². The minimum Gasteiger partial charge on any atom is -0.420 e. The Morgan fingerprint density at radius 2 is 2.18 bits per heavy atom. The van der Waals surface area contributed by atoms with Crippen molar-refractivity contribution in [1.82, 2.24) is 10.2 Å². The van der Waals surface area contributed by atoms with Crippen LogP contribution in [0.25, 0.3) is 0 Å². The largest absolute Gasteiger partial charge is 0.420 e. The van der Waals surface area contributed by atoms with Crippen LogP contribution in [0.2, 0.25) is 0 Å². The van der Waals surface area contributed by atoms with Gasteiger partial charge < -0.3 is 4.42 Å². The number of halogens is 3. The van der Waals surface area contributed by atoms with E-state index in [0.29, 0.717) is 6.42 Å². The molecule has 0 unspecified atom stereocenters. The van der Waals surface area contributed by atoms with Crippen LogP contribution in [-0.4, -0.2) is 16.1 Å². The first kappa shape index (κ1) is 8.39. The summed E-state index contributed by atoms with van der Waals surface area (Å²) < 4.78 is 28.1. The van der Waals surface area contributed by atoms with Crippen LogP contribution in [0.3, 0.4) is 0 Å². The zero-order valence-electron chi connectivity index (χ0n) is 5.43. The third-order valence-corrected chi connectivity index (χ3v) is 1.17. The average Bonchev–Trinajstić information content (AvgIpc) is 2.37. The Kier molecular flexibility index (Phi) is 2.76. The molecule has 3 nitrogen and oxygen atoms in total. The number of nitrogens with zero attached hydrogens (tertiary/aromatic N) is 2. The van der Waals surface area contributed by atoms with Crippen molar-refractivity contribution in [2.45, 2.75) is 12.8 Å². The third kappa shape index (κ3) is 2.11. The second kappa shape index (κ2) is 3.61. The van der Waals surface area contributed by atoms with Gasteiger partial charge in [0, 0.05) is 12.3 Å². The number of hydrogen-bond acceptors (Lipinski definition) is 3. The topological polar surface area (TPSA) is 38.9 Å². The molecule has 0 bridgehead atoms. The molecule has 0 aliphatic rings. The summed E-state index contributed by atoms with van der Waals surface area (Å²) in [5, 5.41) is 6.46. The Hall–Kier alpha value is -0.710. The van der Waals surface area contributed by atoms with Crippen molar-refractivity contribution in [3.05, 3.63) is 11.8 Å². The second-order valence-corrected chi connectivity index (χ2v) is 2.15. The van der Waals surface area contributed by atoms with E-state index < -0.39 is 12.3 Å². The van der Waals surface area contributed by atoms with E-state index in [1.54, 1.807) is 0 Å². The molecule has 1 rings (SSSR count). The average molecular weight is 183 g/mol. The Labute approximate surface area is 66.4 Å². The van der Waals surface area contributed by atoms with Crippen LogP contribution in [-0.2, 0) is 6.42 Å². The Balaban J connectivity index is 2.66. The molecule has 0 aliphatic heterocycles. The van der Waals surface area contributed by atoms with Crippen molar-refractivity contribution in [2.24, 2.45) is 0 Å². The fourth-order valence-electron chi connectivity index (χ4n) is 0.537. The Morgan fingerprint density at radius 1 is 1.45 bits per heavy atom. The third-order valence-electron chi connectivity index (χ3n) is 0.978. The van der Waals surface area contributed by atoms with Crippen molar-refractivity contribution in [3.63, 3.8) is 0 Å². The Morgan fingerprint density at radius 3 is 2.64 bits per heavy atom. The van der Waals surface area contributed by atoms with Gasteiger partial charge in [0.2, 0.25) is 5.89 Å². The lowest BCUT2D eigenvalue weighted by molar-refractivity contribution is 0.113. The van der Waals surface area contributed by atoms with E-state index >= 15 is 0 Å². The van der Waals surface area contributed by atoms with E-state index in [4.69, 9.17) is 11.6 Å². The maximum absolute atomic E-state index is 11.8. The van der Waals surface area contributed by atoms with E-state index in [1.165, 1.54) is 0 Å². The summed E-state index contributed by atoms with van der Waals surface area (Å²) in [7, 11) is 0. The second-order valence-electron chi connectivity index (χ2n) is 1.77. The van der Waals surface area contributed by atoms with Gasteiger partial charge in [-0.15, -0.1) is 21.8 Å². The lowest BCUT2D eigenvalue weighted by atomic mass is 10.5. The number of aromatic nitrogens is 2. The molecule has 11 heavy (non-hydrogen) atoms. The number of aryl methyl sites for hydroxylation is 1. The predicted octanol–water partition coefficient (Wildman–Crippen LogP) is 1.79. The standard InChI is InChI=1S/C5H5ClF2N2O/c6-2-1-3-9-10-5(11-3)4(7)8/h4H,1-2H2. The van der Waals surface area contributed by atoms with Gasteiger partial charge >= 0.3 is 6.43 Å². The molecule has 62 valence electrons.